The molecule has 0 aliphatic carbocycles. The molecule has 1 aromatic heterocycles. The molecule has 1 amide bonds. The Morgan fingerprint density at radius 1 is 1.30 bits per heavy atom. The van der Waals surface area contributed by atoms with Gasteiger partial charge in [0, 0.05) is 37.2 Å². The van der Waals surface area contributed by atoms with Crippen molar-refractivity contribution in [1.29, 1.82) is 10.7 Å². The van der Waals surface area contributed by atoms with Crippen LogP contribution in [0.3, 0.4) is 0 Å². The number of pyridine rings is 1. The fourth-order valence-electron chi connectivity index (χ4n) is 2.49. The average molecular weight is 418 g/mol. The molecule has 0 aromatic carbocycles. The van der Waals surface area contributed by atoms with Gasteiger partial charge in [0.1, 0.15) is 18.0 Å². The summed E-state index contributed by atoms with van der Waals surface area (Å²) in [6, 6.07) is 2.69. The highest BCUT2D eigenvalue weighted by Crippen LogP contribution is 2.14. The van der Waals surface area contributed by atoms with E-state index in [4.69, 9.17) is 20.1 Å². The number of hydrogen-bond donors (Lipinski definition) is 4. The van der Waals surface area contributed by atoms with E-state index in [1.165, 1.54) is 7.11 Å². The van der Waals surface area contributed by atoms with Gasteiger partial charge in [-0.15, -0.1) is 0 Å². The second-order valence-electron chi connectivity index (χ2n) is 7.26. The number of aromatic nitrogens is 1. The first-order valence-corrected chi connectivity index (χ1v) is 9.53. The van der Waals surface area contributed by atoms with Crippen LogP contribution in [0.1, 0.15) is 38.1 Å². The van der Waals surface area contributed by atoms with Gasteiger partial charge in [-0.2, -0.15) is 5.26 Å². The van der Waals surface area contributed by atoms with Crippen LogP contribution in [0, 0.1) is 30.7 Å². The Kier molecular flexibility index (Phi) is 9.71. The molecule has 30 heavy (non-hydrogen) atoms. The molecular weight excluding hydrogens is 388 g/mol. The van der Waals surface area contributed by atoms with E-state index in [9.17, 15) is 9.59 Å². The van der Waals surface area contributed by atoms with Crippen LogP contribution in [0.15, 0.2) is 12.1 Å². The van der Waals surface area contributed by atoms with E-state index in [-0.39, 0.29) is 18.3 Å². The molecule has 164 valence electrons. The molecule has 0 fully saturated rings. The van der Waals surface area contributed by atoms with Crippen molar-refractivity contribution in [2.75, 3.05) is 20.3 Å². The fraction of sp³-hybridized carbons (Fsp3) is 0.550. The topological polar surface area (TPSA) is 149 Å². The van der Waals surface area contributed by atoms with Crippen molar-refractivity contribution in [3.63, 3.8) is 0 Å². The quantitative estimate of drug-likeness (QED) is 0.136. The fourth-order valence-corrected chi connectivity index (χ4v) is 2.49. The number of guanidine groups is 1. The zero-order valence-electron chi connectivity index (χ0n) is 18.1. The van der Waals surface area contributed by atoms with Crippen LogP contribution in [0.25, 0.3) is 0 Å². The lowest BCUT2D eigenvalue weighted by Gasteiger charge is -2.26. The number of carbonyl (C=O) groups excluding carboxylic acids is 2. The minimum absolute atomic E-state index is 0.128. The van der Waals surface area contributed by atoms with Crippen LogP contribution in [0.2, 0.25) is 0 Å². The van der Waals surface area contributed by atoms with Crippen molar-refractivity contribution >= 4 is 17.6 Å². The van der Waals surface area contributed by atoms with Gasteiger partial charge in [0.05, 0.1) is 6.04 Å². The van der Waals surface area contributed by atoms with Crippen LogP contribution < -0.4 is 20.7 Å². The Balaban J connectivity index is 2.74. The van der Waals surface area contributed by atoms with Crippen molar-refractivity contribution in [1.82, 2.24) is 20.9 Å². The van der Waals surface area contributed by atoms with Gasteiger partial charge in [-0.05, 0) is 40.5 Å². The van der Waals surface area contributed by atoms with E-state index in [1.807, 2.05) is 13.8 Å². The Morgan fingerprint density at radius 3 is 2.50 bits per heavy atom. The highest BCUT2D eigenvalue weighted by molar-refractivity contribution is 5.92. The predicted octanol–water partition coefficient (Wildman–Crippen LogP) is 0.931. The number of methoxy groups -OCH3 is 1. The molecule has 1 atom stereocenters. The van der Waals surface area contributed by atoms with Gasteiger partial charge in [0.2, 0.25) is 5.96 Å². The van der Waals surface area contributed by atoms with E-state index in [0.717, 1.165) is 11.4 Å². The molecule has 1 heterocycles. The normalized spacial score (nSPS) is 11.7. The first-order valence-electron chi connectivity index (χ1n) is 9.53. The summed E-state index contributed by atoms with van der Waals surface area (Å²) in [5.74, 6) is -0.288. The van der Waals surface area contributed by atoms with Gasteiger partial charge in [-0.3, -0.25) is 25.3 Å². The van der Waals surface area contributed by atoms with Crippen LogP contribution >= 0.6 is 0 Å². The van der Waals surface area contributed by atoms with Gasteiger partial charge in [0.25, 0.3) is 5.91 Å². The number of nitrogens with one attached hydrogen (secondary N) is 4. The summed E-state index contributed by atoms with van der Waals surface area (Å²) in [5.41, 5.74) is 0.475. The van der Waals surface area contributed by atoms with Gasteiger partial charge in [-0.1, -0.05) is 0 Å². The second kappa shape index (κ2) is 11.7. The maximum atomic E-state index is 12.8. The summed E-state index contributed by atoms with van der Waals surface area (Å²) in [7, 11) is 1.42. The molecule has 0 spiro atoms. The molecule has 10 heteroatoms. The van der Waals surface area contributed by atoms with Crippen molar-refractivity contribution in [2.45, 2.75) is 52.2 Å². The number of nitriles is 1. The summed E-state index contributed by atoms with van der Waals surface area (Å²) in [4.78, 5) is 29.5. The molecule has 0 bridgehead atoms. The zero-order chi connectivity index (χ0) is 22.7. The standard InChI is InChI=1S/C20H30N6O4/c1-13-9-15(10-14(2)25-13)30-11-17(27)16(26-18(28)20(3,4)29-5)7-6-8-23-19(22)24-12-21/h9-10,16H,6-8,11H2,1-5H3,(H,26,28)(H3,22,23,24). The Hall–Kier alpha value is -3.19. The molecule has 1 unspecified atom stereocenters. The molecule has 1 aromatic rings. The van der Waals surface area contributed by atoms with Gasteiger partial charge in [0.15, 0.2) is 12.0 Å². The third-order valence-electron chi connectivity index (χ3n) is 4.34. The van der Waals surface area contributed by atoms with Crippen LogP contribution in [0.5, 0.6) is 5.75 Å². The van der Waals surface area contributed by atoms with Crippen molar-refractivity contribution in [3.05, 3.63) is 23.5 Å². The maximum absolute atomic E-state index is 12.8. The first-order chi connectivity index (χ1) is 14.1. The third kappa shape index (κ3) is 8.45. The molecule has 10 nitrogen and oxygen atoms in total. The predicted molar refractivity (Wildman–Crippen MR) is 111 cm³/mol. The molecular formula is C20H30N6O4. The summed E-state index contributed by atoms with van der Waals surface area (Å²) in [5, 5.41) is 23.5. The second-order valence-corrected chi connectivity index (χ2v) is 7.26. The Bertz CT molecular complexity index is 783. The third-order valence-corrected chi connectivity index (χ3v) is 4.34. The van der Waals surface area contributed by atoms with Crippen molar-refractivity contribution < 1.29 is 19.1 Å². The monoisotopic (exact) mass is 418 g/mol. The average Bonchev–Trinajstić information content (AvgIpc) is 2.67. The SMILES string of the molecule is COC(C)(C)C(=O)NC(CCCNC(=N)NC#N)C(=O)COc1cc(C)nc(C)c1. The number of aryl methyl sites for hydroxylation is 2. The lowest BCUT2D eigenvalue weighted by atomic mass is 10.0. The van der Waals surface area contributed by atoms with Crippen molar-refractivity contribution in [2.24, 2.45) is 0 Å². The maximum Gasteiger partial charge on any atom is 0.252 e. The highest BCUT2D eigenvalue weighted by Gasteiger charge is 2.31. The summed E-state index contributed by atoms with van der Waals surface area (Å²) in [6.07, 6.45) is 2.45. The Morgan fingerprint density at radius 2 is 1.93 bits per heavy atom. The first kappa shape index (κ1) is 24.8. The lowest BCUT2D eigenvalue weighted by molar-refractivity contribution is -0.142. The molecule has 4 N–H and O–H groups in total. The van der Waals surface area contributed by atoms with Crippen LogP contribution in [-0.2, 0) is 14.3 Å². The molecule has 0 aliphatic rings. The van der Waals surface area contributed by atoms with E-state index in [2.05, 4.69) is 20.9 Å². The van der Waals surface area contributed by atoms with E-state index >= 15 is 0 Å². The number of amides is 1. The summed E-state index contributed by atoms with van der Waals surface area (Å²) < 4.78 is 10.8. The number of hydrogen-bond acceptors (Lipinski definition) is 7. The van der Waals surface area contributed by atoms with Crippen LogP contribution in [0.4, 0.5) is 0 Å². The Labute approximate surface area is 176 Å². The van der Waals surface area contributed by atoms with E-state index in [0.29, 0.717) is 25.1 Å². The molecule has 0 saturated heterocycles. The number of Topliss-reactive ketones (excluding diaryl/α,β-unsaturated/α-hetero) is 1. The highest BCUT2D eigenvalue weighted by atomic mass is 16.5. The van der Waals surface area contributed by atoms with Crippen LogP contribution in [-0.4, -0.2) is 54.5 Å². The molecule has 0 radical (unpaired) electrons. The van der Waals surface area contributed by atoms with Gasteiger partial charge >= 0.3 is 0 Å². The zero-order valence-corrected chi connectivity index (χ0v) is 18.1. The number of ketones is 1. The number of ether oxygens (including phenoxy) is 2. The number of rotatable bonds is 11. The molecule has 0 aliphatic heterocycles. The number of nitrogens with zero attached hydrogens (tertiary/aromatic N) is 2. The number of carbonyl (C=O) groups is 2. The van der Waals surface area contributed by atoms with Gasteiger partial charge in [-0.25, -0.2) is 0 Å². The molecule has 0 saturated carbocycles. The van der Waals surface area contributed by atoms with E-state index in [1.54, 1.807) is 32.2 Å². The summed E-state index contributed by atoms with van der Waals surface area (Å²) >= 11 is 0. The van der Waals surface area contributed by atoms with Gasteiger partial charge < -0.3 is 20.1 Å². The minimum atomic E-state index is -1.09. The minimum Gasteiger partial charge on any atom is -0.486 e. The lowest BCUT2D eigenvalue weighted by Crippen LogP contribution is -2.51. The largest absolute Gasteiger partial charge is 0.486 e. The smallest absolute Gasteiger partial charge is 0.252 e. The molecule has 1 rings (SSSR count). The summed E-state index contributed by atoms with van der Waals surface area (Å²) in [6.45, 7) is 7.04. The van der Waals surface area contributed by atoms with Crippen molar-refractivity contribution in [3.8, 4) is 11.9 Å². The van der Waals surface area contributed by atoms with E-state index < -0.39 is 17.6 Å².